The van der Waals surface area contributed by atoms with E-state index in [4.69, 9.17) is 10.5 Å². The van der Waals surface area contributed by atoms with Crippen LogP contribution in [0.5, 0.6) is 5.75 Å². The number of ether oxygens (including phenoxy) is 1. The SMILES string of the molecule is COc1ccc(C)cc1Nc1nc(N)c2ccccc2n1.[Cl-]. The van der Waals surface area contributed by atoms with Gasteiger partial charge in [-0.1, -0.05) is 18.2 Å². The zero-order valence-corrected chi connectivity index (χ0v) is 13.1. The minimum atomic E-state index is 0. The van der Waals surface area contributed by atoms with Crippen molar-refractivity contribution in [1.82, 2.24) is 9.97 Å². The highest BCUT2D eigenvalue weighted by atomic mass is 35.5. The van der Waals surface area contributed by atoms with Crippen molar-refractivity contribution < 1.29 is 17.1 Å². The molecule has 2 aromatic carbocycles. The summed E-state index contributed by atoms with van der Waals surface area (Å²) in [5.74, 6) is 1.64. The van der Waals surface area contributed by atoms with Crippen LogP contribution in [0.1, 0.15) is 5.56 Å². The summed E-state index contributed by atoms with van der Waals surface area (Å²) < 4.78 is 5.34. The fourth-order valence-corrected chi connectivity index (χ4v) is 2.20. The van der Waals surface area contributed by atoms with Gasteiger partial charge in [-0.25, -0.2) is 4.98 Å². The summed E-state index contributed by atoms with van der Waals surface area (Å²) in [7, 11) is 1.63. The van der Waals surface area contributed by atoms with Crippen LogP contribution in [0.2, 0.25) is 0 Å². The van der Waals surface area contributed by atoms with Gasteiger partial charge in [0, 0.05) is 5.39 Å². The second-order valence-corrected chi connectivity index (χ2v) is 4.78. The van der Waals surface area contributed by atoms with E-state index in [1.54, 1.807) is 7.11 Å². The zero-order chi connectivity index (χ0) is 14.8. The molecular weight excluding hydrogens is 300 g/mol. The fourth-order valence-electron chi connectivity index (χ4n) is 2.20. The first-order chi connectivity index (χ1) is 10.2. The molecule has 3 rings (SSSR count). The molecule has 0 aliphatic rings. The highest BCUT2D eigenvalue weighted by molar-refractivity contribution is 5.89. The number of hydrogen-bond donors (Lipinski definition) is 2. The quantitative estimate of drug-likeness (QED) is 0.726. The molecule has 0 aliphatic heterocycles. The maximum Gasteiger partial charge on any atom is 0.229 e. The van der Waals surface area contributed by atoms with Gasteiger partial charge in [-0.15, -0.1) is 0 Å². The van der Waals surface area contributed by atoms with Gasteiger partial charge >= 0.3 is 0 Å². The molecule has 114 valence electrons. The monoisotopic (exact) mass is 315 g/mol. The minimum absolute atomic E-state index is 0. The Morgan fingerprint density at radius 2 is 1.86 bits per heavy atom. The number of para-hydroxylation sites is 1. The lowest BCUT2D eigenvalue weighted by atomic mass is 10.2. The van der Waals surface area contributed by atoms with E-state index in [9.17, 15) is 0 Å². The number of fused-ring (bicyclic) bond motifs is 1. The summed E-state index contributed by atoms with van der Waals surface area (Å²) in [6.07, 6.45) is 0. The number of anilines is 3. The molecule has 0 atom stereocenters. The van der Waals surface area contributed by atoms with E-state index in [-0.39, 0.29) is 12.4 Å². The number of nitrogens with one attached hydrogen (secondary N) is 1. The Kier molecular flexibility index (Phi) is 4.68. The minimum Gasteiger partial charge on any atom is -1.00 e. The van der Waals surface area contributed by atoms with Gasteiger partial charge in [0.15, 0.2) is 0 Å². The molecule has 1 heterocycles. The number of nitrogens with two attached hydrogens (primary N) is 1. The number of aromatic nitrogens is 2. The van der Waals surface area contributed by atoms with Crippen LogP contribution < -0.4 is 28.2 Å². The second kappa shape index (κ2) is 6.49. The van der Waals surface area contributed by atoms with Crippen molar-refractivity contribution in [3.05, 3.63) is 48.0 Å². The lowest BCUT2D eigenvalue weighted by molar-refractivity contribution is -0.00000475. The van der Waals surface area contributed by atoms with Gasteiger partial charge in [-0.3, -0.25) is 0 Å². The third-order valence-electron chi connectivity index (χ3n) is 3.23. The van der Waals surface area contributed by atoms with Gasteiger partial charge in [0.1, 0.15) is 11.6 Å². The molecule has 0 fully saturated rings. The Labute approximate surface area is 134 Å². The third-order valence-corrected chi connectivity index (χ3v) is 3.23. The van der Waals surface area contributed by atoms with Crippen molar-refractivity contribution in [2.45, 2.75) is 6.92 Å². The van der Waals surface area contributed by atoms with E-state index in [2.05, 4.69) is 15.3 Å². The topological polar surface area (TPSA) is 73.1 Å². The van der Waals surface area contributed by atoms with Crippen molar-refractivity contribution in [3.63, 3.8) is 0 Å². The molecular formula is C16H16ClN4O-. The molecule has 0 spiro atoms. The summed E-state index contributed by atoms with van der Waals surface area (Å²) in [5.41, 5.74) is 8.72. The van der Waals surface area contributed by atoms with E-state index in [1.165, 1.54) is 0 Å². The first-order valence-electron chi connectivity index (χ1n) is 6.61. The third kappa shape index (κ3) is 3.04. The zero-order valence-electron chi connectivity index (χ0n) is 12.3. The smallest absolute Gasteiger partial charge is 0.229 e. The number of nitrogen functional groups attached to an aromatic ring is 1. The molecule has 3 N–H and O–H groups in total. The van der Waals surface area contributed by atoms with Crippen molar-refractivity contribution in [1.29, 1.82) is 0 Å². The molecule has 22 heavy (non-hydrogen) atoms. The lowest BCUT2D eigenvalue weighted by Gasteiger charge is -2.12. The molecule has 6 heteroatoms. The second-order valence-electron chi connectivity index (χ2n) is 4.78. The highest BCUT2D eigenvalue weighted by Crippen LogP contribution is 2.28. The van der Waals surface area contributed by atoms with Crippen LogP contribution in [-0.4, -0.2) is 17.1 Å². The molecule has 0 bridgehead atoms. The molecule has 0 unspecified atom stereocenters. The van der Waals surface area contributed by atoms with Crippen LogP contribution in [0.15, 0.2) is 42.5 Å². The number of hydrogen-bond acceptors (Lipinski definition) is 5. The molecule has 0 saturated heterocycles. The van der Waals surface area contributed by atoms with E-state index in [0.29, 0.717) is 11.8 Å². The van der Waals surface area contributed by atoms with Gasteiger partial charge in [-0.2, -0.15) is 4.98 Å². The number of aryl methyl sites for hydroxylation is 1. The van der Waals surface area contributed by atoms with Crippen molar-refractivity contribution in [3.8, 4) is 5.75 Å². The average molecular weight is 316 g/mol. The predicted octanol–water partition coefficient (Wildman–Crippen LogP) is 0.277. The summed E-state index contributed by atoms with van der Waals surface area (Å²) in [4.78, 5) is 8.78. The Morgan fingerprint density at radius 3 is 2.64 bits per heavy atom. The van der Waals surface area contributed by atoms with Gasteiger partial charge < -0.3 is 28.2 Å². The van der Waals surface area contributed by atoms with Gasteiger partial charge in [0.05, 0.1) is 18.3 Å². The number of benzene rings is 2. The number of halogens is 1. The Morgan fingerprint density at radius 1 is 1.09 bits per heavy atom. The fraction of sp³-hybridized carbons (Fsp3) is 0.125. The molecule has 3 aromatic rings. The Balaban J connectivity index is 0.00000176. The molecule has 0 radical (unpaired) electrons. The maximum absolute atomic E-state index is 5.99. The van der Waals surface area contributed by atoms with Crippen molar-refractivity contribution in [2.75, 3.05) is 18.2 Å². The summed E-state index contributed by atoms with van der Waals surface area (Å²) >= 11 is 0. The maximum atomic E-state index is 5.99. The van der Waals surface area contributed by atoms with Crippen LogP contribution in [0, 0.1) is 6.92 Å². The normalized spacial score (nSPS) is 10.1. The van der Waals surface area contributed by atoms with Crippen LogP contribution in [0.25, 0.3) is 10.9 Å². The van der Waals surface area contributed by atoms with Crippen molar-refractivity contribution >= 4 is 28.4 Å². The van der Waals surface area contributed by atoms with Crippen molar-refractivity contribution in [2.24, 2.45) is 0 Å². The Bertz CT molecular complexity index is 807. The first-order valence-corrected chi connectivity index (χ1v) is 6.61. The van der Waals surface area contributed by atoms with Gasteiger partial charge in [-0.05, 0) is 36.8 Å². The van der Waals surface area contributed by atoms with E-state index in [1.807, 2.05) is 49.4 Å². The molecule has 0 amide bonds. The molecule has 1 aromatic heterocycles. The van der Waals surface area contributed by atoms with Crippen LogP contribution in [-0.2, 0) is 0 Å². The number of nitrogens with zero attached hydrogens (tertiary/aromatic N) is 2. The molecule has 0 saturated carbocycles. The van der Waals surface area contributed by atoms with Crippen LogP contribution in [0.4, 0.5) is 17.5 Å². The largest absolute Gasteiger partial charge is 1.00 e. The highest BCUT2D eigenvalue weighted by Gasteiger charge is 2.08. The Hall–Kier alpha value is -2.53. The molecule has 0 aliphatic carbocycles. The summed E-state index contributed by atoms with van der Waals surface area (Å²) in [6.45, 7) is 2.01. The standard InChI is InChI=1S/C16H16N4O.ClH/c1-10-7-8-14(21-2)13(9-10)19-16-18-12-6-4-3-5-11(12)15(17)20-16;/h3-9H,1-2H3,(H3,17,18,19,20);1H/p-1. The first kappa shape index (κ1) is 15.9. The number of methoxy groups -OCH3 is 1. The number of rotatable bonds is 3. The van der Waals surface area contributed by atoms with Gasteiger partial charge in [0.25, 0.3) is 0 Å². The van der Waals surface area contributed by atoms with Crippen LogP contribution in [0.3, 0.4) is 0 Å². The lowest BCUT2D eigenvalue weighted by Crippen LogP contribution is -3.00. The van der Waals surface area contributed by atoms with Crippen LogP contribution >= 0.6 is 0 Å². The predicted molar refractivity (Wildman–Crippen MR) is 85.0 cm³/mol. The summed E-state index contributed by atoms with van der Waals surface area (Å²) in [5, 5.41) is 4.02. The average Bonchev–Trinajstić information content (AvgIpc) is 2.47. The molecule has 5 nitrogen and oxygen atoms in total. The van der Waals surface area contributed by atoms with E-state index < -0.39 is 0 Å². The van der Waals surface area contributed by atoms with Gasteiger partial charge in [0.2, 0.25) is 5.95 Å². The summed E-state index contributed by atoms with van der Waals surface area (Å²) in [6, 6.07) is 13.5. The van der Waals surface area contributed by atoms with E-state index in [0.717, 1.165) is 27.9 Å². The van der Waals surface area contributed by atoms with E-state index >= 15 is 0 Å².